The topological polar surface area (TPSA) is 55.1 Å². The van der Waals surface area contributed by atoms with E-state index in [0.29, 0.717) is 14.7 Å². The van der Waals surface area contributed by atoms with E-state index in [0.717, 1.165) is 0 Å². The minimum atomic E-state index is -0.564. The first-order chi connectivity index (χ1) is 6.56. The van der Waals surface area contributed by atoms with Gasteiger partial charge in [-0.3, -0.25) is 9.36 Å². The smallest absolute Gasteiger partial charge is 0.267 e. The number of halogens is 2. The van der Waals surface area contributed by atoms with Crippen molar-refractivity contribution in [2.45, 2.75) is 19.6 Å². The molecule has 1 atom stereocenters. The summed E-state index contributed by atoms with van der Waals surface area (Å²) in [6.07, 6.45) is 0.973. The molecule has 14 heavy (non-hydrogen) atoms. The second-order valence-corrected chi connectivity index (χ2v) is 4.69. The van der Waals surface area contributed by atoms with Crippen LogP contribution in [0.2, 0.25) is 0 Å². The van der Waals surface area contributed by atoms with Gasteiger partial charge in [-0.25, -0.2) is 4.98 Å². The molecular weight excluding hydrogens is 363 g/mol. The normalized spacial score (nSPS) is 12.9. The highest BCUT2D eigenvalue weighted by Gasteiger charge is 2.09. The summed E-state index contributed by atoms with van der Waals surface area (Å²) in [5.41, 5.74) is -0.0990. The van der Waals surface area contributed by atoms with Crippen LogP contribution in [0.15, 0.2) is 11.0 Å². The first kappa shape index (κ1) is 12.1. The molecule has 1 N–H and O–H groups in total. The maximum atomic E-state index is 11.6. The lowest BCUT2D eigenvalue weighted by atomic mass is 10.4. The summed E-state index contributed by atoms with van der Waals surface area (Å²) in [5.74, 6) is 0.621. The molecule has 0 radical (unpaired) electrons. The molecule has 1 rings (SSSR count). The standard InChI is InChI=1S/C8H10BrIN2O2/c1-5-11-3-7(10)8(14)12(5)4-6(13)2-9/h3,6,13H,2,4H2,1H3. The molecule has 1 heterocycles. The maximum Gasteiger partial charge on any atom is 0.267 e. The van der Waals surface area contributed by atoms with Gasteiger partial charge in [0, 0.05) is 11.5 Å². The Morgan fingerprint density at radius 3 is 3.00 bits per heavy atom. The highest BCUT2D eigenvalue weighted by atomic mass is 127. The van der Waals surface area contributed by atoms with Crippen molar-refractivity contribution in [1.82, 2.24) is 9.55 Å². The van der Waals surface area contributed by atoms with Crippen molar-refractivity contribution in [1.29, 1.82) is 0 Å². The molecule has 78 valence electrons. The van der Waals surface area contributed by atoms with E-state index in [1.807, 2.05) is 22.6 Å². The number of rotatable bonds is 3. The minimum absolute atomic E-state index is 0.0990. The minimum Gasteiger partial charge on any atom is -0.390 e. The fourth-order valence-corrected chi connectivity index (χ4v) is 1.66. The molecule has 6 heteroatoms. The van der Waals surface area contributed by atoms with Gasteiger partial charge in [0.15, 0.2) is 0 Å². The summed E-state index contributed by atoms with van der Waals surface area (Å²) in [4.78, 5) is 15.7. The van der Waals surface area contributed by atoms with E-state index < -0.39 is 6.10 Å². The average Bonchev–Trinajstić information content (AvgIpc) is 2.18. The Balaban J connectivity index is 3.07. The molecule has 0 spiro atoms. The Labute approximate surface area is 104 Å². The average molecular weight is 373 g/mol. The van der Waals surface area contributed by atoms with Crippen molar-refractivity contribution in [3.05, 3.63) is 25.9 Å². The summed E-state index contributed by atoms with van der Waals surface area (Å²) >= 11 is 5.09. The van der Waals surface area contributed by atoms with Crippen LogP contribution in [-0.4, -0.2) is 26.1 Å². The molecule has 0 aromatic carbocycles. The quantitative estimate of drug-likeness (QED) is 0.634. The summed E-state index contributed by atoms with van der Waals surface area (Å²) in [5, 5.41) is 9.86. The van der Waals surface area contributed by atoms with Gasteiger partial charge in [0.25, 0.3) is 5.56 Å². The summed E-state index contributed by atoms with van der Waals surface area (Å²) in [6, 6.07) is 0. The molecule has 1 aromatic heterocycles. The van der Waals surface area contributed by atoms with Crippen LogP contribution in [0, 0.1) is 10.5 Å². The fourth-order valence-electron chi connectivity index (χ4n) is 1.03. The van der Waals surface area contributed by atoms with Gasteiger partial charge in [-0.15, -0.1) is 0 Å². The second kappa shape index (κ2) is 5.22. The van der Waals surface area contributed by atoms with Gasteiger partial charge in [0.1, 0.15) is 5.82 Å². The molecule has 0 aliphatic heterocycles. The Kier molecular flexibility index (Phi) is 4.52. The van der Waals surface area contributed by atoms with Crippen molar-refractivity contribution >= 4 is 38.5 Å². The van der Waals surface area contributed by atoms with Crippen molar-refractivity contribution in [2.24, 2.45) is 0 Å². The van der Waals surface area contributed by atoms with Crippen molar-refractivity contribution in [3.63, 3.8) is 0 Å². The predicted molar refractivity (Wildman–Crippen MR) is 65.8 cm³/mol. The molecule has 0 bridgehead atoms. The Bertz CT molecular complexity index is 380. The summed E-state index contributed by atoms with van der Waals surface area (Å²) in [6.45, 7) is 2.03. The highest BCUT2D eigenvalue weighted by molar-refractivity contribution is 14.1. The Hall–Kier alpha value is 0.0500. The van der Waals surface area contributed by atoms with Gasteiger partial charge in [-0.1, -0.05) is 15.9 Å². The zero-order valence-electron chi connectivity index (χ0n) is 7.57. The molecular formula is C8H10BrIN2O2. The number of hydrogen-bond donors (Lipinski definition) is 1. The van der Waals surface area contributed by atoms with E-state index >= 15 is 0 Å². The summed E-state index contributed by atoms with van der Waals surface area (Å²) in [7, 11) is 0. The van der Waals surface area contributed by atoms with Gasteiger partial charge >= 0.3 is 0 Å². The zero-order chi connectivity index (χ0) is 10.7. The van der Waals surface area contributed by atoms with E-state index in [2.05, 4.69) is 20.9 Å². The van der Waals surface area contributed by atoms with Crippen molar-refractivity contribution in [2.75, 3.05) is 5.33 Å². The molecule has 0 amide bonds. The molecule has 0 aliphatic rings. The molecule has 0 saturated carbocycles. The van der Waals surface area contributed by atoms with Crippen LogP contribution >= 0.6 is 38.5 Å². The summed E-state index contributed by atoms with van der Waals surface area (Å²) < 4.78 is 2.04. The first-order valence-electron chi connectivity index (χ1n) is 4.02. The number of aliphatic hydroxyl groups is 1. The number of aryl methyl sites for hydroxylation is 1. The number of aromatic nitrogens is 2. The maximum absolute atomic E-state index is 11.6. The lowest BCUT2D eigenvalue weighted by Gasteiger charge is -2.12. The zero-order valence-corrected chi connectivity index (χ0v) is 11.3. The number of nitrogens with zero attached hydrogens (tertiary/aromatic N) is 2. The number of hydrogen-bond acceptors (Lipinski definition) is 3. The molecule has 4 nitrogen and oxygen atoms in total. The van der Waals surface area contributed by atoms with E-state index in [-0.39, 0.29) is 12.1 Å². The number of aliphatic hydroxyl groups excluding tert-OH is 1. The monoisotopic (exact) mass is 372 g/mol. The van der Waals surface area contributed by atoms with Crippen LogP contribution in [0.4, 0.5) is 0 Å². The fraction of sp³-hybridized carbons (Fsp3) is 0.500. The predicted octanol–water partition coefficient (Wildman–Crippen LogP) is 0.912. The largest absolute Gasteiger partial charge is 0.390 e. The van der Waals surface area contributed by atoms with Gasteiger partial charge in [0.05, 0.1) is 16.2 Å². The van der Waals surface area contributed by atoms with Crippen LogP contribution in [0.3, 0.4) is 0 Å². The molecule has 1 aromatic rings. The van der Waals surface area contributed by atoms with E-state index in [4.69, 9.17) is 0 Å². The SMILES string of the molecule is Cc1ncc(I)c(=O)n1CC(O)CBr. The van der Waals surface area contributed by atoms with Crippen LogP contribution in [0.25, 0.3) is 0 Å². The Morgan fingerprint density at radius 1 is 1.79 bits per heavy atom. The van der Waals surface area contributed by atoms with Crippen molar-refractivity contribution in [3.8, 4) is 0 Å². The van der Waals surface area contributed by atoms with Gasteiger partial charge in [0.2, 0.25) is 0 Å². The molecule has 1 unspecified atom stereocenters. The van der Waals surface area contributed by atoms with Crippen LogP contribution in [0.5, 0.6) is 0 Å². The lowest BCUT2D eigenvalue weighted by Crippen LogP contribution is -2.31. The van der Waals surface area contributed by atoms with Gasteiger partial charge in [-0.05, 0) is 29.5 Å². The molecule has 0 aliphatic carbocycles. The number of alkyl halides is 1. The van der Waals surface area contributed by atoms with Crippen molar-refractivity contribution < 1.29 is 5.11 Å². The lowest BCUT2D eigenvalue weighted by molar-refractivity contribution is 0.176. The Morgan fingerprint density at radius 2 is 2.43 bits per heavy atom. The third-order valence-electron chi connectivity index (χ3n) is 1.78. The molecule has 0 fully saturated rings. The third kappa shape index (κ3) is 2.77. The van der Waals surface area contributed by atoms with Gasteiger partial charge in [-0.2, -0.15) is 0 Å². The van der Waals surface area contributed by atoms with E-state index in [9.17, 15) is 9.90 Å². The highest BCUT2D eigenvalue weighted by Crippen LogP contribution is 2.00. The second-order valence-electron chi connectivity index (χ2n) is 2.88. The van der Waals surface area contributed by atoms with Gasteiger partial charge < -0.3 is 5.11 Å². The van der Waals surface area contributed by atoms with E-state index in [1.165, 1.54) is 10.8 Å². The van der Waals surface area contributed by atoms with Crippen LogP contribution in [0.1, 0.15) is 5.82 Å². The third-order valence-corrected chi connectivity index (χ3v) is 3.26. The first-order valence-corrected chi connectivity index (χ1v) is 6.22. The van der Waals surface area contributed by atoms with Crippen LogP contribution < -0.4 is 5.56 Å². The molecule has 0 saturated heterocycles. The van der Waals surface area contributed by atoms with Crippen LogP contribution in [-0.2, 0) is 6.54 Å². The van der Waals surface area contributed by atoms with E-state index in [1.54, 1.807) is 6.92 Å².